The van der Waals surface area contributed by atoms with Crippen molar-refractivity contribution in [3.8, 4) is 28.1 Å². The number of hydrogen-bond acceptors (Lipinski definition) is 4. The average molecular weight is 367 g/mol. The van der Waals surface area contributed by atoms with E-state index in [4.69, 9.17) is 0 Å². The van der Waals surface area contributed by atoms with Crippen LogP contribution in [0.3, 0.4) is 0 Å². The molecule has 0 amide bonds. The van der Waals surface area contributed by atoms with Crippen LogP contribution in [0, 0.1) is 5.82 Å². The molecule has 0 aliphatic rings. The fourth-order valence-electron chi connectivity index (χ4n) is 3.22. The molecule has 0 radical (unpaired) electrons. The van der Waals surface area contributed by atoms with Gasteiger partial charge in [0.1, 0.15) is 5.82 Å². The third kappa shape index (κ3) is 2.81. The smallest absolute Gasteiger partial charge is 0.160 e. The van der Waals surface area contributed by atoms with Crippen molar-refractivity contribution in [1.29, 1.82) is 0 Å². The van der Waals surface area contributed by atoms with Gasteiger partial charge in [-0.2, -0.15) is 5.10 Å². The van der Waals surface area contributed by atoms with Gasteiger partial charge < -0.3 is 0 Å². The number of aromatic nitrogens is 5. The quantitative estimate of drug-likeness (QED) is 0.464. The van der Waals surface area contributed by atoms with Crippen LogP contribution in [0.1, 0.15) is 0 Å². The van der Waals surface area contributed by atoms with Crippen LogP contribution in [0.15, 0.2) is 85.6 Å². The third-order valence-corrected chi connectivity index (χ3v) is 4.54. The van der Waals surface area contributed by atoms with Gasteiger partial charge >= 0.3 is 0 Å². The average Bonchev–Trinajstić information content (AvgIpc) is 3.28. The minimum Gasteiger partial charge on any atom is -0.262 e. The van der Waals surface area contributed by atoms with E-state index in [0.29, 0.717) is 16.9 Å². The highest BCUT2D eigenvalue weighted by atomic mass is 19.1. The van der Waals surface area contributed by atoms with Crippen LogP contribution in [-0.4, -0.2) is 24.7 Å². The van der Waals surface area contributed by atoms with E-state index < -0.39 is 0 Å². The number of benzene rings is 1. The van der Waals surface area contributed by atoms with Gasteiger partial charge in [-0.15, -0.1) is 0 Å². The van der Waals surface area contributed by atoms with Gasteiger partial charge in [0, 0.05) is 41.3 Å². The van der Waals surface area contributed by atoms with E-state index >= 15 is 0 Å². The molecule has 0 aliphatic heterocycles. The fourth-order valence-corrected chi connectivity index (χ4v) is 3.22. The van der Waals surface area contributed by atoms with Crippen LogP contribution in [0.5, 0.6) is 0 Å². The Hall–Kier alpha value is -3.93. The monoisotopic (exact) mass is 367 g/mol. The highest BCUT2D eigenvalue weighted by molar-refractivity contribution is 5.95. The van der Waals surface area contributed by atoms with Crippen molar-refractivity contribution in [2.75, 3.05) is 0 Å². The van der Waals surface area contributed by atoms with Gasteiger partial charge in [-0.25, -0.2) is 19.0 Å². The SMILES string of the molecule is Fc1ccccc1-c1cc(-c2cncc(-n3cccn3)c2)c2cccnc2n1. The summed E-state index contributed by atoms with van der Waals surface area (Å²) in [5, 5.41) is 5.14. The molecule has 0 fully saturated rings. The maximum atomic E-state index is 14.4. The van der Waals surface area contributed by atoms with E-state index in [1.807, 2.05) is 36.5 Å². The summed E-state index contributed by atoms with van der Waals surface area (Å²) in [5.41, 5.74) is 4.13. The zero-order valence-electron chi connectivity index (χ0n) is 14.7. The van der Waals surface area contributed by atoms with Gasteiger partial charge in [-0.3, -0.25) is 4.98 Å². The summed E-state index contributed by atoms with van der Waals surface area (Å²) in [6, 6.07) is 16.2. The zero-order chi connectivity index (χ0) is 18.9. The lowest BCUT2D eigenvalue weighted by molar-refractivity contribution is 0.631. The van der Waals surface area contributed by atoms with Crippen LogP contribution in [0.2, 0.25) is 0 Å². The first-order valence-corrected chi connectivity index (χ1v) is 8.76. The largest absolute Gasteiger partial charge is 0.262 e. The minimum absolute atomic E-state index is 0.320. The normalized spacial score (nSPS) is 11.0. The number of fused-ring (bicyclic) bond motifs is 1. The fraction of sp³-hybridized carbons (Fsp3) is 0. The molecule has 5 aromatic rings. The van der Waals surface area contributed by atoms with Crippen LogP contribution in [-0.2, 0) is 0 Å². The molecule has 1 aromatic carbocycles. The Morgan fingerprint density at radius 1 is 0.857 bits per heavy atom. The molecule has 134 valence electrons. The van der Waals surface area contributed by atoms with E-state index in [-0.39, 0.29) is 5.82 Å². The summed E-state index contributed by atoms with van der Waals surface area (Å²) in [4.78, 5) is 13.3. The molecule has 0 bridgehead atoms. The predicted molar refractivity (Wildman–Crippen MR) is 105 cm³/mol. The van der Waals surface area contributed by atoms with Crippen molar-refractivity contribution in [3.63, 3.8) is 0 Å². The molecular weight excluding hydrogens is 353 g/mol. The second-order valence-electron chi connectivity index (χ2n) is 6.29. The molecule has 5 rings (SSSR count). The topological polar surface area (TPSA) is 56.5 Å². The predicted octanol–water partition coefficient (Wildman–Crippen LogP) is 4.68. The van der Waals surface area contributed by atoms with Crippen molar-refractivity contribution in [3.05, 3.63) is 91.4 Å². The van der Waals surface area contributed by atoms with E-state index in [9.17, 15) is 4.39 Å². The molecule has 0 atom stereocenters. The molecule has 4 heterocycles. The third-order valence-electron chi connectivity index (χ3n) is 4.54. The summed E-state index contributed by atoms with van der Waals surface area (Å²) in [7, 11) is 0. The first-order valence-electron chi connectivity index (χ1n) is 8.76. The standard InChI is InChI=1S/C22H14FN5/c23-20-7-2-1-5-18(20)21-12-19(17-6-3-8-25-22(17)27-21)15-11-16(14-24-13-15)28-10-4-9-26-28/h1-14H. The van der Waals surface area contributed by atoms with E-state index in [2.05, 4.69) is 20.1 Å². The van der Waals surface area contributed by atoms with Crippen molar-refractivity contribution in [2.45, 2.75) is 0 Å². The second kappa shape index (κ2) is 6.66. The Morgan fingerprint density at radius 2 is 1.79 bits per heavy atom. The van der Waals surface area contributed by atoms with Crippen molar-refractivity contribution in [2.24, 2.45) is 0 Å². The summed E-state index contributed by atoms with van der Waals surface area (Å²) in [5.74, 6) is -0.320. The Balaban J connectivity index is 1.75. The van der Waals surface area contributed by atoms with E-state index in [1.165, 1.54) is 6.07 Å². The zero-order valence-corrected chi connectivity index (χ0v) is 14.7. The number of hydrogen-bond donors (Lipinski definition) is 0. The highest BCUT2D eigenvalue weighted by Crippen LogP contribution is 2.32. The Bertz CT molecular complexity index is 1280. The number of rotatable bonds is 3. The lowest BCUT2D eigenvalue weighted by Gasteiger charge is -2.11. The molecule has 6 heteroatoms. The molecule has 0 aliphatic carbocycles. The van der Waals surface area contributed by atoms with Crippen molar-refractivity contribution >= 4 is 11.0 Å². The second-order valence-corrected chi connectivity index (χ2v) is 6.29. The maximum absolute atomic E-state index is 14.4. The van der Waals surface area contributed by atoms with Gasteiger partial charge in [-0.1, -0.05) is 12.1 Å². The number of halogens is 1. The molecule has 4 aromatic heterocycles. The van der Waals surface area contributed by atoms with Crippen molar-refractivity contribution < 1.29 is 4.39 Å². The first-order chi connectivity index (χ1) is 13.8. The van der Waals surface area contributed by atoms with Gasteiger partial charge in [0.25, 0.3) is 0 Å². The van der Waals surface area contributed by atoms with Gasteiger partial charge in [-0.05, 0) is 48.0 Å². The van der Waals surface area contributed by atoms with Crippen LogP contribution in [0.25, 0.3) is 39.1 Å². The van der Waals surface area contributed by atoms with Crippen LogP contribution >= 0.6 is 0 Å². The molecule has 0 unspecified atom stereocenters. The molecule has 0 saturated carbocycles. The maximum Gasteiger partial charge on any atom is 0.160 e. The van der Waals surface area contributed by atoms with Crippen LogP contribution < -0.4 is 0 Å². The van der Waals surface area contributed by atoms with Crippen LogP contribution in [0.4, 0.5) is 4.39 Å². The molecule has 28 heavy (non-hydrogen) atoms. The van der Waals surface area contributed by atoms with Gasteiger partial charge in [0.15, 0.2) is 5.65 Å². The Labute approximate surface area is 160 Å². The summed E-state index contributed by atoms with van der Waals surface area (Å²) in [6.07, 6.45) is 8.78. The Morgan fingerprint density at radius 3 is 2.64 bits per heavy atom. The van der Waals surface area contributed by atoms with E-state index in [1.54, 1.807) is 47.7 Å². The Kier molecular flexibility index (Phi) is 3.87. The van der Waals surface area contributed by atoms with E-state index in [0.717, 1.165) is 22.2 Å². The molecule has 5 nitrogen and oxygen atoms in total. The molecule has 0 spiro atoms. The molecule has 0 N–H and O–H groups in total. The van der Waals surface area contributed by atoms with Crippen molar-refractivity contribution in [1.82, 2.24) is 24.7 Å². The van der Waals surface area contributed by atoms with Gasteiger partial charge in [0.05, 0.1) is 17.6 Å². The summed E-state index contributed by atoms with van der Waals surface area (Å²) in [6.45, 7) is 0. The first kappa shape index (κ1) is 16.3. The lowest BCUT2D eigenvalue weighted by Crippen LogP contribution is -1.97. The summed E-state index contributed by atoms with van der Waals surface area (Å²) < 4.78 is 16.1. The summed E-state index contributed by atoms with van der Waals surface area (Å²) >= 11 is 0. The molecular formula is C22H14FN5. The van der Waals surface area contributed by atoms with Gasteiger partial charge in [0.2, 0.25) is 0 Å². The highest BCUT2D eigenvalue weighted by Gasteiger charge is 2.13. The number of nitrogens with zero attached hydrogens (tertiary/aromatic N) is 5. The minimum atomic E-state index is -0.320. The lowest BCUT2D eigenvalue weighted by atomic mass is 10.0. The molecule has 0 saturated heterocycles. The number of pyridine rings is 3.